The van der Waals surface area contributed by atoms with Gasteiger partial charge in [0.05, 0.1) is 23.6 Å². The summed E-state index contributed by atoms with van der Waals surface area (Å²) in [5.41, 5.74) is 1.69. The van der Waals surface area contributed by atoms with E-state index < -0.39 is 10.0 Å². The Morgan fingerprint density at radius 1 is 1.26 bits per heavy atom. The molecule has 0 aliphatic carbocycles. The number of nitrogens with zero attached hydrogens (tertiary/aromatic N) is 2. The van der Waals surface area contributed by atoms with Crippen LogP contribution in [0.4, 0.5) is 0 Å². The van der Waals surface area contributed by atoms with E-state index in [0.717, 1.165) is 24.2 Å². The number of sulfonamides is 1. The number of rotatable bonds is 5. The minimum Gasteiger partial charge on any atom is -0.379 e. The van der Waals surface area contributed by atoms with Gasteiger partial charge in [-0.3, -0.25) is 9.88 Å². The molecule has 1 saturated heterocycles. The molecular formula is C16H21N3O3S. The monoisotopic (exact) mass is 335 g/mol. The van der Waals surface area contributed by atoms with Gasteiger partial charge in [0, 0.05) is 37.8 Å². The molecule has 1 aromatic carbocycles. The minimum absolute atomic E-state index is 0.285. The average molecular weight is 335 g/mol. The summed E-state index contributed by atoms with van der Waals surface area (Å²) in [7, 11) is -3.55. The van der Waals surface area contributed by atoms with Crippen LogP contribution in [0.25, 0.3) is 10.9 Å². The quantitative estimate of drug-likeness (QED) is 0.888. The van der Waals surface area contributed by atoms with Gasteiger partial charge < -0.3 is 4.74 Å². The highest BCUT2D eigenvalue weighted by Gasteiger charge is 2.19. The fourth-order valence-corrected chi connectivity index (χ4v) is 3.98. The number of fused-ring (bicyclic) bond motifs is 1. The van der Waals surface area contributed by atoms with E-state index in [4.69, 9.17) is 4.74 Å². The zero-order valence-corrected chi connectivity index (χ0v) is 14.0. The number of ether oxygens (including phenoxy) is 1. The Morgan fingerprint density at radius 2 is 2.04 bits per heavy atom. The van der Waals surface area contributed by atoms with E-state index in [1.807, 2.05) is 6.92 Å². The number of benzene rings is 1. The van der Waals surface area contributed by atoms with Gasteiger partial charge in [-0.15, -0.1) is 0 Å². The van der Waals surface area contributed by atoms with Crippen LogP contribution in [0.1, 0.15) is 5.56 Å². The van der Waals surface area contributed by atoms with Crippen molar-refractivity contribution in [3.05, 3.63) is 36.0 Å². The van der Waals surface area contributed by atoms with Crippen molar-refractivity contribution in [2.45, 2.75) is 11.8 Å². The molecule has 0 radical (unpaired) electrons. The third-order valence-electron chi connectivity index (χ3n) is 4.04. The van der Waals surface area contributed by atoms with Crippen LogP contribution in [0.15, 0.2) is 35.4 Å². The van der Waals surface area contributed by atoms with Crippen molar-refractivity contribution in [1.82, 2.24) is 14.6 Å². The Morgan fingerprint density at radius 3 is 2.83 bits per heavy atom. The molecule has 1 fully saturated rings. The van der Waals surface area contributed by atoms with Crippen molar-refractivity contribution in [3.8, 4) is 0 Å². The average Bonchev–Trinajstić information content (AvgIpc) is 2.56. The van der Waals surface area contributed by atoms with Gasteiger partial charge in [0.1, 0.15) is 0 Å². The Bertz CT molecular complexity index is 786. The van der Waals surface area contributed by atoms with Crippen molar-refractivity contribution in [2.24, 2.45) is 0 Å². The Hall–Kier alpha value is -1.54. The Balaban J connectivity index is 1.76. The van der Waals surface area contributed by atoms with Gasteiger partial charge in [-0.2, -0.15) is 0 Å². The summed E-state index contributed by atoms with van der Waals surface area (Å²) in [5, 5.41) is 0.659. The van der Waals surface area contributed by atoms with E-state index in [9.17, 15) is 8.42 Å². The van der Waals surface area contributed by atoms with Crippen LogP contribution < -0.4 is 4.72 Å². The lowest BCUT2D eigenvalue weighted by atomic mass is 10.1. The first kappa shape index (κ1) is 16.3. The van der Waals surface area contributed by atoms with E-state index in [1.54, 1.807) is 30.5 Å². The van der Waals surface area contributed by atoms with Gasteiger partial charge in [0.25, 0.3) is 0 Å². The molecule has 0 spiro atoms. The van der Waals surface area contributed by atoms with Crippen molar-refractivity contribution < 1.29 is 13.2 Å². The van der Waals surface area contributed by atoms with E-state index >= 15 is 0 Å². The highest BCUT2D eigenvalue weighted by atomic mass is 32.2. The van der Waals surface area contributed by atoms with Gasteiger partial charge in [-0.05, 0) is 30.7 Å². The predicted molar refractivity (Wildman–Crippen MR) is 88.9 cm³/mol. The van der Waals surface area contributed by atoms with Crippen LogP contribution in [0.3, 0.4) is 0 Å². The highest BCUT2D eigenvalue weighted by molar-refractivity contribution is 7.89. The second-order valence-corrected chi connectivity index (χ2v) is 7.37. The Labute approximate surface area is 136 Å². The van der Waals surface area contributed by atoms with Crippen molar-refractivity contribution in [2.75, 3.05) is 39.4 Å². The summed E-state index contributed by atoms with van der Waals surface area (Å²) in [6.07, 6.45) is 1.68. The number of nitrogens with one attached hydrogen (secondary N) is 1. The molecule has 23 heavy (non-hydrogen) atoms. The summed E-state index contributed by atoms with van der Waals surface area (Å²) < 4.78 is 33.2. The lowest BCUT2D eigenvalue weighted by Gasteiger charge is -2.26. The predicted octanol–water partition coefficient (Wildman–Crippen LogP) is 1.15. The fourth-order valence-electron chi connectivity index (χ4n) is 2.76. The first-order valence-corrected chi connectivity index (χ1v) is 9.20. The number of hydrogen-bond donors (Lipinski definition) is 1. The molecule has 0 unspecified atom stereocenters. The van der Waals surface area contributed by atoms with Gasteiger partial charge in [-0.1, -0.05) is 6.07 Å². The number of morpholine rings is 1. The fraction of sp³-hybridized carbons (Fsp3) is 0.438. The normalized spacial score (nSPS) is 16.7. The van der Waals surface area contributed by atoms with E-state index in [2.05, 4.69) is 14.6 Å². The molecule has 6 nitrogen and oxygen atoms in total. The zero-order chi connectivity index (χ0) is 16.3. The number of pyridine rings is 1. The lowest BCUT2D eigenvalue weighted by Crippen LogP contribution is -2.41. The smallest absolute Gasteiger partial charge is 0.241 e. The summed E-state index contributed by atoms with van der Waals surface area (Å²) in [5.74, 6) is 0. The van der Waals surface area contributed by atoms with Crippen molar-refractivity contribution >= 4 is 20.9 Å². The van der Waals surface area contributed by atoms with Crippen LogP contribution in [0.5, 0.6) is 0 Å². The molecule has 0 amide bonds. The van der Waals surface area contributed by atoms with E-state index in [-0.39, 0.29) is 4.90 Å². The first-order chi connectivity index (χ1) is 11.1. The van der Waals surface area contributed by atoms with E-state index in [0.29, 0.717) is 31.7 Å². The second kappa shape index (κ2) is 6.92. The minimum atomic E-state index is -3.55. The molecule has 1 aliphatic heterocycles. The SMILES string of the molecule is Cc1ccc(S(=O)(=O)NCCN2CCOCC2)c2cccnc12. The molecule has 0 saturated carbocycles. The van der Waals surface area contributed by atoms with Crippen molar-refractivity contribution in [3.63, 3.8) is 0 Å². The van der Waals surface area contributed by atoms with Crippen LogP contribution >= 0.6 is 0 Å². The van der Waals surface area contributed by atoms with Gasteiger partial charge >= 0.3 is 0 Å². The maximum absolute atomic E-state index is 12.6. The van der Waals surface area contributed by atoms with Crippen LogP contribution in [0, 0.1) is 6.92 Å². The second-order valence-electron chi connectivity index (χ2n) is 5.63. The van der Waals surface area contributed by atoms with E-state index in [1.165, 1.54) is 0 Å². The van der Waals surface area contributed by atoms with Crippen LogP contribution in [0.2, 0.25) is 0 Å². The molecule has 3 rings (SSSR count). The molecule has 124 valence electrons. The molecular weight excluding hydrogens is 314 g/mol. The number of aromatic nitrogens is 1. The maximum Gasteiger partial charge on any atom is 0.241 e. The molecule has 1 N–H and O–H groups in total. The van der Waals surface area contributed by atoms with Crippen LogP contribution in [-0.4, -0.2) is 57.7 Å². The van der Waals surface area contributed by atoms with Gasteiger partial charge in [-0.25, -0.2) is 13.1 Å². The summed E-state index contributed by atoms with van der Waals surface area (Å²) in [6.45, 7) is 6.11. The first-order valence-electron chi connectivity index (χ1n) is 7.72. The van der Waals surface area contributed by atoms with Gasteiger partial charge in [0.2, 0.25) is 10.0 Å². The number of aryl methyl sites for hydroxylation is 1. The molecule has 2 aromatic rings. The van der Waals surface area contributed by atoms with Gasteiger partial charge in [0.15, 0.2) is 0 Å². The largest absolute Gasteiger partial charge is 0.379 e. The zero-order valence-electron chi connectivity index (χ0n) is 13.2. The third kappa shape index (κ3) is 3.69. The lowest BCUT2D eigenvalue weighted by molar-refractivity contribution is 0.0390. The summed E-state index contributed by atoms with van der Waals surface area (Å²) in [4.78, 5) is 6.77. The maximum atomic E-state index is 12.6. The number of hydrogen-bond acceptors (Lipinski definition) is 5. The summed E-state index contributed by atoms with van der Waals surface area (Å²) in [6, 6.07) is 7.00. The summed E-state index contributed by atoms with van der Waals surface area (Å²) >= 11 is 0. The highest BCUT2D eigenvalue weighted by Crippen LogP contribution is 2.23. The third-order valence-corrected chi connectivity index (χ3v) is 5.56. The Kier molecular flexibility index (Phi) is 4.91. The molecule has 7 heteroatoms. The van der Waals surface area contributed by atoms with Crippen LogP contribution in [-0.2, 0) is 14.8 Å². The molecule has 0 bridgehead atoms. The standard InChI is InChI=1S/C16H21N3O3S/c1-13-4-5-15(14-3-2-6-17-16(13)14)23(20,21)18-7-8-19-9-11-22-12-10-19/h2-6,18H,7-12H2,1H3. The molecule has 2 heterocycles. The topological polar surface area (TPSA) is 71.5 Å². The molecule has 0 atom stereocenters. The molecule has 1 aliphatic rings. The van der Waals surface area contributed by atoms with Crippen molar-refractivity contribution in [1.29, 1.82) is 0 Å². The molecule has 1 aromatic heterocycles.